The van der Waals surface area contributed by atoms with E-state index in [1.54, 1.807) is 0 Å². The molecule has 0 aromatic carbocycles. The Hall–Kier alpha value is -3.67. The van der Waals surface area contributed by atoms with Gasteiger partial charge in [-0.3, -0.25) is 14.4 Å². The van der Waals surface area contributed by atoms with Crippen molar-refractivity contribution in [1.29, 1.82) is 0 Å². The summed E-state index contributed by atoms with van der Waals surface area (Å²) in [6, 6.07) is 0. The van der Waals surface area contributed by atoms with E-state index < -0.39 is 6.10 Å². The standard InChI is InChI=1S/C55H90O6/c1-4-7-10-13-16-19-22-25-26-27-28-29-31-33-36-39-42-45-48-54(57)60-51-52(50-59-53(56)47-44-41-38-35-32-24-21-18-15-12-9-6-3)61-55(58)49-46-43-40-37-34-30-23-20-17-14-11-8-5-2/h8-9,11-12,14,17-18,20-21,23,26-29,32,35,52H,4-7,10,13,15-16,19,22,24-25,30-31,33-34,36-51H2,1-3H3/b11-8-,12-9-,17-14-,21-18-,23-20-,27-26-,29-28-,35-32-. The Kier molecular flexibility index (Phi) is 46.0. The summed E-state index contributed by atoms with van der Waals surface area (Å²) < 4.78 is 16.7. The van der Waals surface area contributed by atoms with Gasteiger partial charge in [0.1, 0.15) is 13.2 Å². The van der Waals surface area contributed by atoms with Gasteiger partial charge < -0.3 is 14.2 Å². The lowest BCUT2D eigenvalue weighted by molar-refractivity contribution is -0.167. The van der Waals surface area contributed by atoms with E-state index in [0.29, 0.717) is 19.3 Å². The molecule has 0 radical (unpaired) electrons. The van der Waals surface area contributed by atoms with Crippen LogP contribution in [0, 0.1) is 0 Å². The maximum atomic E-state index is 12.8. The van der Waals surface area contributed by atoms with Crippen LogP contribution < -0.4 is 0 Å². The predicted molar refractivity (Wildman–Crippen MR) is 260 cm³/mol. The minimum Gasteiger partial charge on any atom is -0.462 e. The van der Waals surface area contributed by atoms with Crippen molar-refractivity contribution in [3.05, 3.63) is 97.2 Å². The van der Waals surface area contributed by atoms with Crippen molar-refractivity contribution >= 4 is 17.9 Å². The summed E-state index contributed by atoms with van der Waals surface area (Å²) in [5.41, 5.74) is 0. The molecule has 0 bridgehead atoms. The third-order valence-electron chi connectivity index (χ3n) is 10.1. The molecular formula is C55H90O6. The fourth-order valence-corrected chi connectivity index (χ4v) is 6.45. The van der Waals surface area contributed by atoms with Gasteiger partial charge in [-0.1, -0.05) is 195 Å². The van der Waals surface area contributed by atoms with E-state index in [1.807, 2.05) is 6.08 Å². The molecule has 1 atom stereocenters. The summed E-state index contributed by atoms with van der Waals surface area (Å²) in [7, 11) is 0. The Morgan fingerprint density at radius 3 is 1.23 bits per heavy atom. The molecule has 0 aromatic rings. The molecule has 0 fully saturated rings. The Bertz CT molecular complexity index is 1250. The van der Waals surface area contributed by atoms with E-state index in [0.717, 1.165) is 122 Å². The van der Waals surface area contributed by atoms with Gasteiger partial charge in [-0.2, -0.15) is 0 Å². The van der Waals surface area contributed by atoms with Crippen LogP contribution in [0.25, 0.3) is 0 Å². The number of carbonyl (C=O) groups excluding carboxylic acids is 3. The lowest BCUT2D eigenvalue weighted by atomic mass is 10.1. The number of esters is 3. The van der Waals surface area contributed by atoms with Gasteiger partial charge >= 0.3 is 17.9 Å². The highest BCUT2D eigenvalue weighted by Gasteiger charge is 2.19. The smallest absolute Gasteiger partial charge is 0.306 e. The molecule has 0 N–H and O–H groups in total. The number of hydrogen-bond acceptors (Lipinski definition) is 6. The summed E-state index contributed by atoms with van der Waals surface area (Å²) in [6.45, 7) is 6.30. The van der Waals surface area contributed by atoms with Crippen molar-refractivity contribution in [2.24, 2.45) is 0 Å². The maximum Gasteiger partial charge on any atom is 0.306 e. The van der Waals surface area contributed by atoms with E-state index in [1.165, 1.54) is 51.4 Å². The minimum atomic E-state index is -0.810. The lowest BCUT2D eigenvalue weighted by Gasteiger charge is -2.18. The number of hydrogen-bond donors (Lipinski definition) is 0. The second-order valence-corrected chi connectivity index (χ2v) is 16.0. The lowest BCUT2D eigenvalue weighted by Crippen LogP contribution is -2.30. The Labute approximate surface area is 375 Å². The van der Waals surface area contributed by atoms with Crippen molar-refractivity contribution in [2.75, 3.05) is 13.2 Å². The van der Waals surface area contributed by atoms with E-state index in [-0.39, 0.29) is 31.1 Å². The first-order valence-corrected chi connectivity index (χ1v) is 24.8. The van der Waals surface area contributed by atoms with E-state index in [4.69, 9.17) is 14.2 Å². The van der Waals surface area contributed by atoms with Crippen LogP contribution in [0.5, 0.6) is 0 Å². The van der Waals surface area contributed by atoms with Crippen molar-refractivity contribution in [3.8, 4) is 0 Å². The first-order valence-electron chi connectivity index (χ1n) is 24.8. The van der Waals surface area contributed by atoms with Crippen LogP contribution in [0.1, 0.15) is 213 Å². The Morgan fingerprint density at radius 2 is 0.721 bits per heavy atom. The van der Waals surface area contributed by atoms with Crippen molar-refractivity contribution < 1.29 is 28.6 Å². The SMILES string of the molecule is CC\C=C/C=C\C=C/CCCCCCCC(=O)OC(COC(=O)CCCC/C=C\C/C=C\C/C=C\CC)COC(=O)CCCCCCC/C=C\C=C/CCCCCCCCC. The molecule has 0 aliphatic heterocycles. The summed E-state index contributed by atoms with van der Waals surface area (Å²) in [6.07, 6.45) is 64.0. The van der Waals surface area contributed by atoms with Gasteiger partial charge in [0.15, 0.2) is 6.10 Å². The first kappa shape index (κ1) is 57.3. The topological polar surface area (TPSA) is 78.9 Å². The third-order valence-corrected chi connectivity index (χ3v) is 10.1. The largest absolute Gasteiger partial charge is 0.462 e. The van der Waals surface area contributed by atoms with Crippen LogP contribution in [0.2, 0.25) is 0 Å². The van der Waals surface area contributed by atoms with E-state index in [9.17, 15) is 14.4 Å². The Morgan fingerprint density at radius 1 is 0.361 bits per heavy atom. The number of ether oxygens (including phenoxy) is 3. The molecule has 0 saturated heterocycles. The van der Waals surface area contributed by atoms with E-state index in [2.05, 4.69) is 112 Å². The summed E-state index contributed by atoms with van der Waals surface area (Å²) in [4.78, 5) is 37.9. The molecule has 1 unspecified atom stereocenters. The fraction of sp³-hybridized carbons (Fsp3) is 0.655. The molecule has 0 spiro atoms. The Balaban J connectivity index is 4.47. The van der Waals surface area contributed by atoms with Gasteiger partial charge in [0, 0.05) is 19.3 Å². The molecule has 0 aliphatic carbocycles. The quantitative estimate of drug-likeness (QED) is 0.0200. The van der Waals surface area contributed by atoms with Crippen molar-refractivity contribution in [3.63, 3.8) is 0 Å². The highest BCUT2D eigenvalue weighted by atomic mass is 16.6. The molecule has 6 heteroatoms. The van der Waals surface area contributed by atoms with Crippen molar-refractivity contribution in [1.82, 2.24) is 0 Å². The number of carbonyl (C=O) groups is 3. The number of rotatable bonds is 43. The molecule has 0 saturated carbocycles. The minimum absolute atomic E-state index is 0.108. The molecule has 61 heavy (non-hydrogen) atoms. The predicted octanol–water partition coefficient (Wildman–Crippen LogP) is 16.2. The zero-order valence-corrected chi connectivity index (χ0v) is 39.4. The van der Waals surface area contributed by atoms with Gasteiger partial charge in [0.2, 0.25) is 0 Å². The molecule has 6 nitrogen and oxygen atoms in total. The zero-order valence-electron chi connectivity index (χ0n) is 39.4. The van der Waals surface area contributed by atoms with Gasteiger partial charge in [0.05, 0.1) is 0 Å². The monoisotopic (exact) mass is 847 g/mol. The fourth-order valence-electron chi connectivity index (χ4n) is 6.45. The van der Waals surface area contributed by atoms with Crippen LogP contribution in [-0.2, 0) is 28.6 Å². The van der Waals surface area contributed by atoms with Crippen molar-refractivity contribution in [2.45, 2.75) is 219 Å². The summed E-state index contributed by atoms with van der Waals surface area (Å²) >= 11 is 0. The molecule has 0 heterocycles. The number of unbranched alkanes of at least 4 members (excludes halogenated alkanes) is 19. The average molecular weight is 847 g/mol. The second kappa shape index (κ2) is 49.0. The van der Waals surface area contributed by atoms with E-state index >= 15 is 0 Å². The van der Waals surface area contributed by atoms with Gasteiger partial charge in [-0.25, -0.2) is 0 Å². The molecule has 0 aliphatic rings. The average Bonchev–Trinajstić information content (AvgIpc) is 3.26. The maximum absolute atomic E-state index is 12.8. The number of allylic oxidation sites excluding steroid dienone is 16. The third kappa shape index (κ3) is 47.2. The summed E-state index contributed by atoms with van der Waals surface area (Å²) in [5, 5.41) is 0. The highest BCUT2D eigenvalue weighted by molar-refractivity contribution is 5.71. The molecule has 0 amide bonds. The van der Waals surface area contributed by atoms with Crippen LogP contribution in [0.3, 0.4) is 0 Å². The van der Waals surface area contributed by atoms with Crippen LogP contribution >= 0.6 is 0 Å². The van der Waals surface area contributed by atoms with Crippen LogP contribution in [0.4, 0.5) is 0 Å². The van der Waals surface area contributed by atoms with Crippen LogP contribution in [-0.4, -0.2) is 37.2 Å². The van der Waals surface area contributed by atoms with Gasteiger partial charge in [0.25, 0.3) is 0 Å². The first-order chi connectivity index (χ1) is 30.0. The second-order valence-electron chi connectivity index (χ2n) is 16.0. The van der Waals surface area contributed by atoms with Crippen LogP contribution in [0.15, 0.2) is 97.2 Å². The normalized spacial score (nSPS) is 12.9. The molecular weight excluding hydrogens is 757 g/mol. The molecule has 346 valence electrons. The highest BCUT2D eigenvalue weighted by Crippen LogP contribution is 2.13. The molecule has 0 rings (SSSR count). The molecule has 0 aromatic heterocycles. The summed E-state index contributed by atoms with van der Waals surface area (Å²) in [5.74, 6) is -0.989. The van der Waals surface area contributed by atoms with Gasteiger partial charge in [-0.05, 0) is 96.3 Å². The zero-order chi connectivity index (χ0) is 44.4. The van der Waals surface area contributed by atoms with Gasteiger partial charge in [-0.15, -0.1) is 0 Å².